The molecule has 0 aliphatic heterocycles. The zero-order chi connectivity index (χ0) is 14.9. The molecule has 2 aromatic rings. The van der Waals surface area contributed by atoms with Gasteiger partial charge in [0.05, 0.1) is 20.3 Å². The van der Waals surface area contributed by atoms with Gasteiger partial charge in [0, 0.05) is 6.54 Å². The van der Waals surface area contributed by atoms with Gasteiger partial charge in [-0.1, -0.05) is 24.3 Å². The number of nitrogens with two attached hydrogens (primary N) is 1. The van der Waals surface area contributed by atoms with E-state index in [0.717, 1.165) is 22.6 Å². The van der Waals surface area contributed by atoms with Crippen LogP contribution in [-0.2, 0) is 17.9 Å². The molecule has 0 aromatic heterocycles. The summed E-state index contributed by atoms with van der Waals surface area (Å²) < 4.78 is 16.3. The SMILES string of the molecule is COc1ccc(COCCOc2ccc(CN)cc2)cc1. The van der Waals surface area contributed by atoms with Crippen LogP contribution >= 0.6 is 0 Å². The third-order valence-corrected chi connectivity index (χ3v) is 3.08. The molecule has 0 bridgehead atoms. The van der Waals surface area contributed by atoms with E-state index in [1.165, 1.54) is 0 Å². The Morgan fingerprint density at radius 2 is 1.43 bits per heavy atom. The number of hydrogen-bond acceptors (Lipinski definition) is 4. The average molecular weight is 287 g/mol. The second kappa shape index (κ2) is 8.29. The summed E-state index contributed by atoms with van der Waals surface area (Å²) in [6.45, 7) is 2.19. The van der Waals surface area contributed by atoms with Crippen molar-refractivity contribution in [1.82, 2.24) is 0 Å². The van der Waals surface area contributed by atoms with E-state index in [4.69, 9.17) is 19.9 Å². The molecule has 2 aromatic carbocycles. The first-order valence-electron chi connectivity index (χ1n) is 6.94. The number of methoxy groups -OCH3 is 1. The monoisotopic (exact) mass is 287 g/mol. The van der Waals surface area contributed by atoms with Crippen molar-refractivity contribution >= 4 is 0 Å². The van der Waals surface area contributed by atoms with Crippen LogP contribution in [0.25, 0.3) is 0 Å². The van der Waals surface area contributed by atoms with E-state index in [1.807, 2.05) is 48.5 Å². The molecular weight excluding hydrogens is 266 g/mol. The highest BCUT2D eigenvalue weighted by molar-refractivity contribution is 5.27. The van der Waals surface area contributed by atoms with E-state index in [0.29, 0.717) is 26.4 Å². The molecule has 0 saturated heterocycles. The van der Waals surface area contributed by atoms with Gasteiger partial charge in [0.25, 0.3) is 0 Å². The van der Waals surface area contributed by atoms with E-state index < -0.39 is 0 Å². The highest BCUT2D eigenvalue weighted by Crippen LogP contribution is 2.13. The van der Waals surface area contributed by atoms with Gasteiger partial charge in [0.2, 0.25) is 0 Å². The number of benzene rings is 2. The Morgan fingerprint density at radius 3 is 2.05 bits per heavy atom. The van der Waals surface area contributed by atoms with Crippen LogP contribution in [0, 0.1) is 0 Å². The van der Waals surface area contributed by atoms with Crippen LogP contribution in [0.2, 0.25) is 0 Å². The Labute approximate surface area is 125 Å². The fourth-order valence-corrected chi connectivity index (χ4v) is 1.85. The van der Waals surface area contributed by atoms with Crippen molar-refractivity contribution in [3.8, 4) is 11.5 Å². The first-order valence-corrected chi connectivity index (χ1v) is 6.94. The van der Waals surface area contributed by atoms with Crippen molar-refractivity contribution in [2.24, 2.45) is 5.73 Å². The van der Waals surface area contributed by atoms with Crippen molar-refractivity contribution in [2.75, 3.05) is 20.3 Å². The summed E-state index contributed by atoms with van der Waals surface area (Å²) in [5, 5.41) is 0. The van der Waals surface area contributed by atoms with Gasteiger partial charge in [-0.15, -0.1) is 0 Å². The molecule has 4 heteroatoms. The predicted molar refractivity (Wildman–Crippen MR) is 82.5 cm³/mol. The lowest BCUT2D eigenvalue weighted by Gasteiger charge is -2.08. The lowest BCUT2D eigenvalue weighted by atomic mass is 10.2. The third kappa shape index (κ3) is 5.10. The number of rotatable bonds is 8. The van der Waals surface area contributed by atoms with Crippen LogP contribution in [0.1, 0.15) is 11.1 Å². The maximum Gasteiger partial charge on any atom is 0.119 e. The van der Waals surface area contributed by atoms with E-state index in [2.05, 4.69) is 0 Å². The van der Waals surface area contributed by atoms with Gasteiger partial charge in [0.15, 0.2) is 0 Å². The van der Waals surface area contributed by atoms with E-state index in [9.17, 15) is 0 Å². The normalized spacial score (nSPS) is 10.4. The molecule has 2 rings (SSSR count). The summed E-state index contributed by atoms with van der Waals surface area (Å²) in [5.74, 6) is 1.68. The third-order valence-electron chi connectivity index (χ3n) is 3.08. The van der Waals surface area contributed by atoms with Gasteiger partial charge in [-0.2, -0.15) is 0 Å². The highest BCUT2D eigenvalue weighted by Gasteiger charge is 1.97. The first kappa shape index (κ1) is 15.4. The first-order chi connectivity index (χ1) is 10.3. The molecular formula is C17H21NO3. The van der Waals surface area contributed by atoms with Crippen LogP contribution in [-0.4, -0.2) is 20.3 Å². The summed E-state index contributed by atoms with van der Waals surface area (Å²) in [6, 6.07) is 15.6. The lowest BCUT2D eigenvalue weighted by Crippen LogP contribution is -2.06. The smallest absolute Gasteiger partial charge is 0.119 e. The zero-order valence-corrected chi connectivity index (χ0v) is 12.2. The van der Waals surface area contributed by atoms with Crippen molar-refractivity contribution in [2.45, 2.75) is 13.2 Å². The van der Waals surface area contributed by atoms with Crippen molar-refractivity contribution in [3.05, 3.63) is 59.7 Å². The van der Waals surface area contributed by atoms with Gasteiger partial charge in [-0.3, -0.25) is 0 Å². The van der Waals surface area contributed by atoms with Crippen molar-refractivity contribution in [3.63, 3.8) is 0 Å². The highest BCUT2D eigenvalue weighted by atomic mass is 16.5. The standard InChI is InChI=1S/C17H21NO3/c1-19-16-6-4-15(5-7-16)13-20-10-11-21-17-8-2-14(12-18)3-9-17/h2-9H,10-13,18H2,1H3. The van der Waals surface area contributed by atoms with Crippen LogP contribution in [0.3, 0.4) is 0 Å². The molecule has 0 spiro atoms. The minimum absolute atomic E-state index is 0.526. The Morgan fingerprint density at radius 1 is 0.810 bits per heavy atom. The number of hydrogen-bond donors (Lipinski definition) is 1. The van der Waals surface area contributed by atoms with Crippen molar-refractivity contribution < 1.29 is 14.2 Å². The van der Waals surface area contributed by atoms with Crippen LogP contribution < -0.4 is 15.2 Å². The largest absolute Gasteiger partial charge is 0.497 e. The minimum Gasteiger partial charge on any atom is -0.497 e. The molecule has 21 heavy (non-hydrogen) atoms. The van der Waals surface area contributed by atoms with Crippen LogP contribution in [0.5, 0.6) is 11.5 Å². The van der Waals surface area contributed by atoms with E-state index in [1.54, 1.807) is 7.11 Å². The molecule has 0 saturated carbocycles. The van der Waals surface area contributed by atoms with E-state index in [-0.39, 0.29) is 0 Å². The van der Waals surface area contributed by atoms with Gasteiger partial charge < -0.3 is 19.9 Å². The molecule has 0 unspecified atom stereocenters. The van der Waals surface area contributed by atoms with Crippen LogP contribution in [0.4, 0.5) is 0 Å². The van der Waals surface area contributed by atoms with Gasteiger partial charge in [-0.25, -0.2) is 0 Å². The van der Waals surface area contributed by atoms with Crippen LogP contribution in [0.15, 0.2) is 48.5 Å². The average Bonchev–Trinajstić information content (AvgIpc) is 2.55. The fourth-order valence-electron chi connectivity index (χ4n) is 1.85. The maximum absolute atomic E-state index is 5.59. The molecule has 0 amide bonds. The van der Waals surface area contributed by atoms with Gasteiger partial charge in [-0.05, 0) is 35.4 Å². The molecule has 2 N–H and O–H groups in total. The predicted octanol–water partition coefficient (Wildman–Crippen LogP) is 2.75. The fraction of sp³-hybridized carbons (Fsp3) is 0.294. The van der Waals surface area contributed by atoms with Crippen molar-refractivity contribution in [1.29, 1.82) is 0 Å². The number of ether oxygens (including phenoxy) is 3. The molecule has 112 valence electrons. The summed E-state index contributed by atoms with van der Waals surface area (Å²) >= 11 is 0. The molecule has 0 aliphatic carbocycles. The molecule has 4 nitrogen and oxygen atoms in total. The minimum atomic E-state index is 0.526. The molecule has 0 atom stereocenters. The Balaban J connectivity index is 1.64. The summed E-state index contributed by atoms with van der Waals surface area (Å²) in [7, 11) is 1.66. The summed E-state index contributed by atoms with van der Waals surface area (Å²) in [6.07, 6.45) is 0. The maximum atomic E-state index is 5.59. The lowest BCUT2D eigenvalue weighted by molar-refractivity contribution is 0.0889. The quantitative estimate of drug-likeness (QED) is 0.759. The van der Waals surface area contributed by atoms with Gasteiger partial charge >= 0.3 is 0 Å². The summed E-state index contributed by atoms with van der Waals surface area (Å²) in [5.41, 5.74) is 7.75. The van der Waals surface area contributed by atoms with Gasteiger partial charge in [0.1, 0.15) is 18.1 Å². The molecule has 0 aliphatic rings. The molecule has 0 heterocycles. The second-order valence-electron chi connectivity index (χ2n) is 4.60. The Kier molecular flexibility index (Phi) is 6.06. The Bertz CT molecular complexity index is 473. The Hall–Kier alpha value is -2.04. The van der Waals surface area contributed by atoms with E-state index >= 15 is 0 Å². The molecule has 0 radical (unpaired) electrons. The molecule has 0 fully saturated rings. The second-order valence-corrected chi connectivity index (χ2v) is 4.60. The zero-order valence-electron chi connectivity index (χ0n) is 12.2. The topological polar surface area (TPSA) is 53.7 Å². The summed E-state index contributed by atoms with van der Waals surface area (Å²) in [4.78, 5) is 0.